The Hall–Kier alpha value is -1.68. The van der Waals surface area contributed by atoms with Crippen molar-refractivity contribution in [2.75, 3.05) is 0 Å². The second kappa shape index (κ2) is 3.96. The summed E-state index contributed by atoms with van der Waals surface area (Å²) < 4.78 is 58.5. The van der Waals surface area contributed by atoms with Gasteiger partial charge in [-0.25, -0.2) is 18.5 Å². The second-order valence-corrected chi connectivity index (χ2v) is 4.36. The molecule has 17 heavy (non-hydrogen) atoms. The number of rotatable bonds is 2. The van der Waals surface area contributed by atoms with Crippen molar-refractivity contribution in [3.8, 4) is 0 Å². The van der Waals surface area contributed by atoms with Crippen LogP contribution in [0.2, 0.25) is 0 Å². The van der Waals surface area contributed by atoms with Gasteiger partial charge in [0.25, 0.3) is 10.0 Å². The maximum absolute atomic E-state index is 12.2. The van der Waals surface area contributed by atoms with Gasteiger partial charge in [-0.15, -0.1) is 0 Å². The molecule has 0 aromatic carbocycles. The van der Waals surface area contributed by atoms with Gasteiger partial charge in [0.2, 0.25) is 0 Å². The number of carboxylic acids is 1. The molecule has 94 valence electrons. The van der Waals surface area contributed by atoms with E-state index in [2.05, 4.69) is 10.1 Å². The van der Waals surface area contributed by atoms with Crippen molar-refractivity contribution in [2.24, 2.45) is 5.14 Å². The predicted octanol–water partition coefficient (Wildman–Crippen LogP) is -0.889. The second-order valence-electron chi connectivity index (χ2n) is 2.88. The third kappa shape index (κ3) is 2.91. The molecule has 0 aliphatic heterocycles. The number of halogens is 3. The Morgan fingerprint density at radius 2 is 1.88 bits per heavy atom. The molecule has 2 N–H and O–H groups in total. The van der Waals surface area contributed by atoms with Crippen LogP contribution in [-0.2, 0) is 16.2 Å². The van der Waals surface area contributed by atoms with Gasteiger partial charge in [0.1, 0.15) is 5.69 Å². The van der Waals surface area contributed by atoms with E-state index in [0.29, 0.717) is 12.1 Å². The van der Waals surface area contributed by atoms with E-state index >= 15 is 0 Å². The van der Waals surface area contributed by atoms with E-state index in [1.165, 1.54) is 0 Å². The lowest BCUT2D eigenvalue weighted by atomic mass is 10.2. The van der Waals surface area contributed by atoms with Gasteiger partial charge in [-0.1, -0.05) is 0 Å². The smallest absolute Gasteiger partial charge is 0.433 e. The summed E-state index contributed by atoms with van der Waals surface area (Å²) >= 11 is 0. The van der Waals surface area contributed by atoms with Crippen molar-refractivity contribution in [2.45, 2.75) is 11.2 Å². The Kier molecular flexibility index (Phi) is 3.12. The van der Waals surface area contributed by atoms with Crippen LogP contribution in [0.25, 0.3) is 0 Å². The molecule has 0 saturated carbocycles. The highest BCUT2D eigenvalue weighted by Gasteiger charge is 2.34. The van der Waals surface area contributed by atoms with Crippen molar-refractivity contribution in [1.82, 2.24) is 4.98 Å². The first kappa shape index (κ1) is 13.4. The molecule has 0 fully saturated rings. The van der Waals surface area contributed by atoms with Crippen LogP contribution in [0.3, 0.4) is 0 Å². The zero-order chi connectivity index (χ0) is 13.4. The van der Waals surface area contributed by atoms with E-state index in [9.17, 15) is 31.5 Å². The molecular formula is C7H4F3N2O4S-. The first-order valence-electron chi connectivity index (χ1n) is 3.86. The minimum absolute atomic E-state index is 0.319. The van der Waals surface area contributed by atoms with Gasteiger partial charge in [0.15, 0.2) is 5.03 Å². The molecule has 0 aliphatic rings. The third-order valence-corrected chi connectivity index (χ3v) is 2.49. The highest BCUT2D eigenvalue weighted by Crippen LogP contribution is 2.28. The van der Waals surface area contributed by atoms with Crippen molar-refractivity contribution < 1.29 is 31.5 Å². The first-order valence-corrected chi connectivity index (χ1v) is 5.40. The van der Waals surface area contributed by atoms with E-state index in [1.54, 1.807) is 0 Å². The number of carbonyl (C=O) groups is 1. The van der Waals surface area contributed by atoms with Crippen molar-refractivity contribution in [3.63, 3.8) is 0 Å². The largest absolute Gasteiger partial charge is 0.545 e. The van der Waals surface area contributed by atoms with Gasteiger partial charge in [-0.3, -0.25) is 0 Å². The lowest BCUT2D eigenvalue weighted by molar-refractivity contribution is -0.255. The number of nitrogens with zero attached hydrogens (tertiary/aromatic N) is 1. The highest BCUT2D eigenvalue weighted by molar-refractivity contribution is 7.89. The summed E-state index contributed by atoms with van der Waals surface area (Å²) in [5.74, 6) is -1.99. The summed E-state index contributed by atoms with van der Waals surface area (Å²) in [7, 11) is -4.69. The number of primary sulfonamides is 1. The van der Waals surface area contributed by atoms with Gasteiger partial charge in [0, 0.05) is 5.56 Å². The van der Waals surface area contributed by atoms with Crippen molar-refractivity contribution in [1.29, 1.82) is 0 Å². The van der Waals surface area contributed by atoms with E-state index in [1.807, 2.05) is 0 Å². The van der Waals surface area contributed by atoms with E-state index in [4.69, 9.17) is 0 Å². The molecule has 0 spiro atoms. The molecule has 0 aliphatic carbocycles. The molecule has 1 aromatic rings. The molecule has 10 heteroatoms. The number of hydrogen-bond acceptors (Lipinski definition) is 5. The number of pyridine rings is 1. The predicted molar refractivity (Wildman–Crippen MR) is 44.9 cm³/mol. The fourth-order valence-electron chi connectivity index (χ4n) is 0.971. The highest BCUT2D eigenvalue weighted by atomic mass is 32.2. The van der Waals surface area contributed by atoms with Crippen LogP contribution in [0.5, 0.6) is 0 Å². The minimum atomic E-state index is -4.91. The zero-order valence-corrected chi connectivity index (χ0v) is 8.67. The first-order chi connectivity index (χ1) is 7.53. The SMILES string of the molecule is NS(=O)(=O)c1nc(C(F)(F)F)ccc1C(=O)[O-]. The van der Waals surface area contributed by atoms with E-state index in [0.717, 1.165) is 0 Å². The Bertz CT molecular complexity index is 567. The van der Waals surface area contributed by atoms with Crippen LogP contribution in [0.15, 0.2) is 17.2 Å². The summed E-state index contributed by atoms with van der Waals surface area (Å²) in [6, 6.07) is 0.741. The van der Waals surface area contributed by atoms with Crippen LogP contribution in [0.1, 0.15) is 16.1 Å². The lowest BCUT2D eigenvalue weighted by Crippen LogP contribution is -2.28. The van der Waals surface area contributed by atoms with Crippen LogP contribution in [-0.4, -0.2) is 19.4 Å². The average Bonchev–Trinajstić information content (AvgIpc) is 2.14. The standard InChI is InChI=1S/C7H5F3N2O4S/c8-7(9,10)4-2-1-3(6(13)14)5(12-4)17(11,15)16/h1-2H,(H,13,14)(H2,11,15,16)/p-1. The van der Waals surface area contributed by atoms with Crippen LogP contribution < -0.4 is 10.2 Å². The van der Waals surface area contributed by atoms with E-state index < -0.39 is 38.5 Å². The lowest BCUT2D eigenvalue weighted by Gasteiger charge is -2.11. The molecule has 0 unspecified atom stereocenters. The van der Waals surface area contributed by atoms with Gasteiger partial charge < -0.3 is 9.90 Å². The molecule has 0 saturated heterocycles. The Morgan fingerprint density at radius 3 is 2.24 bits per heavy atom. The molecule has 1 rings (SSSR count). The number of alkyl halides is 3. The molecule has 6 nitrogen and oxygen atoms in total. The average molecular weight is 269 g/mol. The van der Waals surface area contributed by atoms with E-state index in [-0.39, 0.29) is 0 Å². The summed E-state index contributed by atoms with van der Waals surface area (Å²) in [5, 5.41) is 13.7. The van der Waals surface area contributed by atoms with Crippen LogP contribution in [0, 0.1) is 0 Å². The van der Waals surface area contributed by atoms with Crippen LogP contribution >= 0.6 is 0 Å². The Labute approximate surface area is 92.9 Å². The number of hydrogen-bond donors (Lipinski definition) is 1. The van der Waals surface area contributed by atoms with Gasteiger partial charge >= 0.3 is 6.18 Å². The minimum Gasteiger partial charge on any atom is -0.545 e. The maximum atomic E-state index is 12.2. The number of nitrogens with two attached hydrogens (primary N) is 1. The molecule has 0 amide bonds. The summed E-state index contributed by atoms with van der Waals surface area (Å²) in [5.41, 5.74) is -2.59. The Morgan fingerprint density at radius 1 is 1.35 bits per heavy atom. The van der Waals surface area contributed by atoms with Crippen LogP contribution in [0.4, 0.5) is 13.2 Å². The molecule has 1 aromatic heterocycles. The fraction of sp³-hybridized carbons (Fsp3) is 0.143. The number of aromatic nitrogens is 1. The number of aromatic carboxylic acids is 1. The normalized spacial score (nSPS) is 12.5. The van der Waals surface area contributed by atoms with Crippen molar-refractivity contribution in [3.05, 3.63) is 23.4 Å². The summed E-state index contributed by atoms with van der Waals surface area (Å²) in [6.07, 6.45) is -4.91. The number of carbonyl (C=O) groups excluding carboxylic acids is 1. The molecule has 0 bridgehead atoms. The molecule has 1 heterocycles. The topological polar surface area (TPSA) is 113 Å². The quantitative estimate of drug-likeness (QED) is 0.748. The monoisotopic (exact) mass is 269 g/mol. The summed E-state index contributed by atoms with van der Waals surface area (Å²) in [4.78, 5) is 13.2. The maximum Gasteiger partial charge on any atom is 0.433 e. The van der Waals surface area contributed by atoms with Gasteiger partial charge in [-0.2, -0.15) is 13.2 Å². The van der Waals surface area contributed by atoms with Gasteiger partial charge in [-0.05, 0) is 12.1 Å². The van der Waals surface area contributed by atoms with Gasteiger partial charge in [0.05, 0.1) is 5.97 Å². The number of carboxylic acid groups (broad SMARTS) is 1. The molecular weight excluding hydrogens is 265 g/mol. The fourth-order valence-corrected chi connectivity index (χ4v) is 1.65. The number of sulfonamides is 1. The zero-order valence-electron chi connectivity index (χ0n) is 7.85. The van der Waals surface area contributed by atoms with Crippen molar-refractivity contribution >= 4 is 16.0 Å². The molecule has 0 atom stereocenters. The third-order valence-electron chi connectivity index (χ3n) is 1.64. The molecule has 0 radical (unpaired) electrons. The Balaban J connectivity index is 3.57. The summed E-state index contributed by atoms with van der Waals surface area (Å²) in [6.45, 7) is 0.